The fraction of sp³-hybridized carbons (Fsp3) is 0.733. The molecule has 0 atom stereocenters. The van der Waals surface area contributed by atoms with Gasteiger partial charge in [0.05, 0.1) is 23.5 Å². The molecule has 36 heavy (non-hydrogen) atoms. The second kappa shape index (κ2) is 13.9. The van der Waals surface area contributed by atoms with Crippen LogP contribution in [0.2, 0.25) is 0 Å². The first-order valence-electron chi connectivity index (χ1n) is 13.7. The minimum absolute atomic E-state index is 0.000509. The van der Waals surface area contributed by atoms with Crippen LogP contribution in [0.3, 0.4) is 0 Å². The van der Waals surface area contributed by atoms with Crippen molar-refractivity contribution >= 4 is 22.8 Å². The molecule has 0 saturated carbocycles. The van der Waals surface area contributed by atoms with E-state index in [9.17, 15) is 0 Å². The highest BCUT2D eigenvalue weighted by atomic mass is 15.1. The van der Waals surface area contributed by atoms with Crippen LogP contribution in [-0.2, 0) is 0 Å². The van der Waals surface area contributed by atoms with Crippen LogP contribution in [-0.4, -0.2) is 59.1 Å². The van der Waals surface area contributed by atoms with Gasteiger partial charge in [0.2, 0.25) is 0 Å². The molecule has 0 aromatic rings. The normalized spacial score (nSPS) is 23.9. The third-order valence-electron chi connectivity index (χ3n) is 6.06. The van der Waals surface area contributed by atoms with Crippen molar-refractivity contribution in [2.45, 2.75) is 125 Å². The van der Waals surface area contributed by atoms with E-state index in [1.807, 2.05) is 26.0 Å². The lowest BCUT2D eigenvalue weighted by Crippen LogP contribution is -2.31. The number of allylic oxidation sites excluding steroid dienone is 4. The van der Waals surface area contributed by atoms with Crippen molar-refractivity contribution in [3.63, 3.8) is 0 Å². The van der Waals surface area contributed by atoms with Gasteiger partial charge in [-0.15, -0.1) is 30.1 Å². The molecule has 3 rings (SSSR count). The number of rotatable bonds is 4. The van der Waals surface area contributed by atoms with Crippen LogP contribution in [0, 0.1) is 0 Å². The van der Waals surface area contributed by atoms with Gasteiger partial charge in [-0.1, -0.05) is 47.1 Å². The third-order valence-corrected chi connectivity index (χ3v) is 6.06. The maximum atomic E-state index is 4.67. The molecule has 6 nitrogen and oxygen atoms in total. The highest BCUT2D eigenvalue weighted by Crippen LogP contribution is 2.28. The highest BCUT2D eigenvalue weighted by Gasteiger charge is 2.22. The Labute approximate surface area is 222 Å². The van der Waals surface area contributed by atoms with Gasteiger partial charge in [0.25, 0.3) is 0 Å². The summed E-state index contributed by atoms with van der Waals surface area (Å²) in [6.07, 6.45) is 8.07. The molecular weight excluding hydrogens is 444 g/mol. The highest BCUT2D eigenvalue weighted by molar-refractivity contribution is 6.42. The zero-order chi connectivity index (χ0) is 27.6. The first kappa shape index (κ1) is 31.8. The quantitative estimate of drug-likeness (QED) is 0.375. The Morgan fingerprint density at radius 1 is 0.639 bits per heavy atom. The maximum absolute atomic E-state index is 4.67. The molecule has 0 fully saturated rings. The van der Waals surface area contributed by atoms with Crippen molar-refractivity contribution in [1.82, 2.24) is 0 Å². The van der Waals surface area contributed by atoms with Crippen molar-refractivity contribution in [3.8, 4) is 0 Å². The molecule has 3 heterocycles. The van der Waals surface area contributed by atoms with Crippen LogP contribution in [0.1, 0.15) is 109 Å². The molecular formula is C30H52N6-2. The number of hydrogen-bond acceptors (Lipinski definition) is 4. The summed E-state index contributed by atoms with van der Waals surface area (Å²) >= 11 is 0. The average molecular weight is 497 g/mol. The van der Waals surface area contributed by atoms with Gasteiger partial charge in [-0.2, -0.15) is 0 Å². The summed E-state index contributed by atoms with van der Waals surface area (Å²) in [6.45, 7) is 27.8. The molecule has 0 radical (unpaired) electrons. The minimum atomic E-state index is 0.000509. The smallest absolute Gasteiger partial charge is 0.0750 e. The van der Waals surface area contributed by atoms with Crippen LogP contribution in [0.5, 0.6) is 0 Å². The van der Waals surface area contributed by atoms with Gasteiger partial charge in [0, 0.05) is 23.5 Å². The monoisotopic (exact) mass is 496 g/mol. The van der Waals surface area contributed by atoms with Crippen LogP contribution < -0.4 is 0 Å². The summed E-state index contributed by atoms with van der Waals surface area (Å²) in [4.78, 5) is 18.4. The molecule has 0 amide bonds. The van der Waals surface area contributed by atoms with Crippen molar-refractivity contribution in [1.29, 1.82) is 0 Å². The van der Waals surface area contributed by atoms with Crippen molar-refractivity contribution in [2.75, 3.05) is 19.6 Å². The zero-order valence-electron chi connectivity index (χ0n) is 25.3. The Hall–Kier alpha value is -2.24. The summed E-state index contributed by atoms with van der Waals surface area (Å²) in [7, 11) is 0. The van der Waals surface area contributed by atoms with Gasteiger partial charge in [-0.3, -0.25) is 20.0 Å². The molecule has 0 aromatic carbocycles. The molecule has 3 aliphatic rings. The molecule has 3 aliphatic heterocycles. The topological polar surface area (TPSA) is 77.6 Å². The van der Waals surface area contributed by atoms with Gasteiger partial charge in [-0.25, -0.2) is 0 Å². The predicted molar refractivity (Wildman–Crippen MR) is 162 cm³/mol. The molecule has 0 aliphatic carbocycles. The summed E-state index contributed by atoms with van der Waals surface area (Å²) in [5, 5.41) is 9.10. The van der Waals surface area contributed by atoms with Crippen LogP contribution in [0.25, 0.3) is 10.6 Å². The fourth-order valence-corrected chi connectivity index (χ4v) is 4.11. The van der Waals surface area contributed by atoms with Crippen LogP contribution >= 0.6 is 0 Å². The molecule has 204 valence electrons. The predicted octanol–water partition coefficient (Wildman–Crippen LogP) is 8.29. The third kappa shape index (κ3) is 10.0. The molecule has 0 saturated heterocycles. The SMILES string of the molecule is C/C=C1\[N-]C(C)(C)CN=C1CC.C/C=C1\[N-]CC(C)(C)N=C1CC.CCC1=NCC(C)(C)N=C1CC. The lowest BCUT2D eigenvalue weighted by Gasteiger charge is -2.46. The van der Waals surface area contributed by atoms with E-state index in [1.165, 1.54) is 11.4 Å². The average Bonchev–Trinajstić information content (AvgIpc) is 2.83. The van der Waals surface area contributed by atoms with E-state index in [4.69, 9.17) is 0 Å². The molecule has 6 heteroatoms. The summed E-state index contributed by atoms with van der Waals surface area (Å²) < 4.78 is 0. The number of hydrogen-bond donors (Lipinski definition) is 0. The van der Waals surface area contributed by atoms with E-state index < -0.39 is 0 Å². The van der Waals surface area contributed by atoms with E-state index in [-0.39, 0.29) is 16.6 Å². The second-order valence-electron chi connectivity index (χ2n) is 11.3. The first-order chi connectivity index (χ1) is 16.8. The van der Waals surface area contributed by atoms with Gasteiger partial charge >= 0.3 is 0 Å². The number of nitrogens with zero attached hydrogens (tertiary/aromatic N) is 6. The first-order valence-corrected chi connectivity index (χ1v) is 13.7. The lowest BCUT2D eigenvalue weighted by molar-refractivity contribution is 0.531. The fourth-order valence-electron chi connectivity index (χ4n) is 4.11. The minimum Gasteiger partial charge on any atom is -0.681 e. The number of aliphatic imine (C=N–C) groups is 4. The van der Waals surface area contributed by atoms with Gasteiger partial charge in [-0.05, 0) is 67.2 Å². The standard InChI is InChI=1S/C10H18N2.2C10H17N2/c3*1-5-8-9(6-2)12-10(3,4)7-11-8/h5-7H2,1-4H3;6H,5,7H2,1-4H3;5H,6-7H2,1-4H3/q;2*-1/b;9-6-;8-5-. The van der Waals surface area contributed by atoms with E-state index in [0.29, 0.717) is 0 Å². The lowest BCUT2D eigenvalue weighted by atomic mass is 10.0. The largest absolute Gasteiger partial charge is 0.681 e. The van der Waals surface area contributed by atoms with Crippen molar-refractivity contribution < 1.29 is 0 Å². The molecule has 0 bridgehead atoms. The maximum Gasteiger partial charge on any atom is 0.0750 e. The second-order valence-corrected chi connectivity index (χ2v) is 11.3. The van der Waals surface area contributed by atoms with Gasteiger partial charge in [0.1, 0.15) is 0 Å². The van der Waals surface area contributed by atoms with E-state index in [1.54, 1.807) is 0 Å². The summed E-state index contributed by atoms with van der Waals surface area (Å²) in [6, 6.07) is 0. The van der Waals surface area contributed by atoms with Gasteiger partial charge in [0.15, 0.2) is 0 Å². The Balaban J connectivity index is 0.000000270. The molecule has 0 unspecified atom stereocenters. The van der Waals surface area contributed by atoms with Crippen LogP contribution in [0.4, 0.5) is 0 Å². The molecule has 0 N–H and O–H groups in total. The summed E-state index contributed by atoms with van der Waals surface area (Å²) in [5.74, 6) is 0. The zero-order valence-corrected chi connectivity index (χ0v) is 25.3. The Morgan fingerprint density at radius 3 is 1.64 bits per heavy atom. The van der Waals surface area contributed by atoms with Crippen molar-refractivity contribution in [2.24, 2.45) is 20.0 Å². The Bertz CT molecular complexity index is 910. The molecule has 0 aromatic heterocycles. The van der Waals surface area contributed by atoms with Gasteiger partial charge < -0.3 is 10.6 Å². The van der Waals surface area contributed by atoms with E-state index >= 15 is 0 Å². The van der Waals surface area contributed by atoms with Crippen molar-refractivity contribution in [3.05, 3.63) is 34.2 Å². The molecule has 0 spiro atoms. The van der Waals surface area contributed by atoms with Crippen LogP contribution in [0.15, 0.2) is 43.5 Å². The van der Waals surface area contributed by atoms with E-state index in [2.05, 4.69) is 99.8 Å². The Kier molecular flexibility index (Phi) is 12.3. The van der Waals surface area contributed by atoms with E-state index in [0.717, 1.165) is 68.1 Å². The summed E-state index contributed by atoms with van der Waals surface area (Å²) in [5.41, 5.74) is 6.91. The Morgan fingerprint density at radius 2 is 1.14 bits per heavy atom.